The number of fused-ring (bicyclic) bond motifs is 1. The Bertz CT molecular complexity index is 1450. The van der Waals surface area contributed by atoms with Crippen molar-refractivity contribution in [3.05, 3.63) is 101 Å². The molecule has 0 fully saturated rings. The molecule has 4 rings (SSSR count). The molecule has 0 saturated carbocycles. The highest BCUT2D eigenvalue weighted by Crippen LogP contribution is 2.28. The first-order chi connectivity index (χ1) is 20.5. The molecule has 42 heavy (non-hydrogen) atoms. The van der Waals surface area contributed by atoms with Crippen LogP contribution in [0.25, 0.3) is 10.8 Å². The minimum absolute atomic E-state index is 0.132. The normalized spacial score (nSPS) is 10.9. The minimum Gasteiger partial charge on any atom is -0.494 e. The van der Waals surface area contributed by atoms with Crippen LogP contribution in [0.5, 0.6) is 17.2 Å². The van der Waals surface area contributed by atoms with E-state index in [1.807, 2.05) is 30.3 Å². The number of unbranched alkanes of at least 4 members (excludes halogenated alkanes) is 9. The molecule has 0 unspecified atom stereocenters. The SMILES string of the molecule is CCCCCCCCCCCCOc1ccc(C(=O)Oc2ccc(C(=O)Oc3ccc4ccccc4c3)cc2Cl)cc1. The van der Waals surface area contributed by atoms with Crippen LogP contribution < -0.4 is 14.2 Å². The van der Waals surface area contributed by atoms with Gasteiger partial charge in [0.25, 0.3) is 0 Å². The van der Waals surface area contributed by atoms with Gasteiger partial charge in [0.15, 0.2) is 0 Å². The molecular formula is C36H39ClO5. The van der Waals surface area contributed by atoms with Gasteiger partial charge in [0.05, 0.1) is 22.8 Å². The average Bonchev–Trinajstić information content (AvgIpc) is 3.01. The quantitative estimate of drug-likeness (QED) is 0.0742. The second kappa shape index (κ2) is 16.6. The van der Waals surface area contributed by atoms with Gasteiger partial charge in [0.1, 0.15) is 17.2 Å². The zero-order valence-electron chi connectivity index (χ0n) is 24.3. The van der Waals surface area contributed by atoms with Crippen LogP contribution >= 0.6 is 11.6 Å². The monoisotopic (exact) mass is 586 g/mol. The lowest BCUT2D eigenvalue weighted by Gasteiger charge is -2.10. The summed E-state index contributed by atoms with van der Waals surface area (Å²) >= 11 is 6.34. The van der Waals surface area contributed by atoms with Gasteiger partial charge >= 0.3 is 11.9 Å². The molecule has 0 aliphatic carbocycles. The molecule has 0 heterocycles. The van der Waals surface area contributed by atoms with E-state index in [0.29, 0.717) is 17.9 Å². The van der Waals surface area contributed by atoms with Gasteiger partial charge in [-0.15, -0.1) is 0 Å². The number of esters is 2. The summed E-state index contributed by atoms with van der Waals surface area (Å²) in [5.74, 6) is 0.198. The first-order valence-corrected chi connectivity index (χ1v) is 15.4. The van der Waals surface area contributed by atoms with Gasteiger partial charge in [-0.25, -0.2) is 9.59 Å². The zero-order chi connectivity index (χ0) is 29.6. The van der Waals surface area contributed by atoms with Crippen LogP contribution in [-0.2, 0) is 0 Å². The molecular weight excluding hydrogens is 548 g/mol. The summed E-state index contributed by atoms with van der Waals surface area (Å²) in [7, 11) is 0. The maximum Gasteiger partial charge on any atom is 0.343 e. The third-order valence-electron chi connectivity index (χ3n) is 7.16. The maximum atomic E-state index is 12.7. The molecule has 0 amide bonds. The van der Waals surface area contributed by atoms with Gasteiger partial charge in [-0.1, -0.05) is 107 Å². The maximum absolute atomic E-state index is 12.7. The Hall–Kier alpha value is -3.83. The van der Waals surface area contributed by atoms with Gasteiger partial charge in [-0.3, -0.25) is 0 Å². The molecule has 4 aromatic rings. The summed E-state index contributed by atoms with van der Waals surface area (Å²) in [5.41, 5.74) is 0.619. The van der Waals surface area contributed by atoms with Gasteiger partial charge < -0.3 is 14.2 Å². The van der Waals surface area contributed by atoms with E-state index in [2.05, 4.69) is 6.92 Å². The summed E-state index contributed by atoms with van der Waals surface area (Å²) in [5, 5.41) is 2.16. The Labute approximate surface area is 253 Å². The van der Waals surface area contributed by atoms with E-state index in [4.69, 9.17) is 25.8 Å². The number of ether oxygens (including phenoxy) is 3. The number of rotatable bonds is 16. The number of carbonyl (C=O) groups excluding carboxylic acids is 2. The fourth-order valence-electron chi connectivity index (χ4n) is 4.73. The van der Waals surface area contributed by atoms with Crippen LogP contribution in [0.2, 0.25) is 5.02 Å². The minimum atomic E-state index is -0.557. The third-order valence-corrected chi connectivity index (χ3v) is 7.45. The first-order valence-electron chi connectivity index (χ1n) is 15.0. The number of carbonyl (C=O) groups is 2. The molecule has 0 saturated heterocycles. The van der Waals surface area contributed by atoms with E-state index in [0.717, 1.165) is 22.9 Å². The van der Waals surface area contributed by atoms with Crippen molar-refractivity contribution in [3.8, 4) is 17.2 Å². The highest BCUT2D eigenvalue weighted by Gasteiger charge is 2.15. The number of halogens is 1. The van der Waals surface area contributed by atoms with Crippen LogP contribution in [0.3, 0.4) is 0 Å². The van der Waals surface area contributed by atoms with Gasteiger partial charge in [-0.05, 0) is 71.8 Å². The molecule has 0 aromatic heterocycles. The number of hydrogen-bond donors (Lipinski definition) is 0. The lowest BCUT2D eigenvalue weighted by atomic mass is 10.1. The highest BCUT2D eigenvalue weighted by molar-refractivity contribution is 6.32. The molecule has 5 nitrogen and oxygen atoms in total. The summed E-state index contributed by atoms with van der Waals surface area (Å²) in [4.78, 5) is 25.4. The molecule has 6 heteroatoms. The van der Waals surface area contributed by atoms with Crippen LogP contribution in [0, 0.1) is 0 Å². The average molecular weight is 587 g/mol. The Morgan fingerprint density at radius 3 is 1.88 bits per heavy atom. The molecule has 0 atom stereocenters. The Morgan fingerprint density at radius 1 is 0.595 bits per heavy atom. The number of hydrogen-bond acceptors (Lipinski definition) is 5. The largest absolute Gasteiger partial charge is 0.494 e. The molecule has 0 aliphatic rings. The summed E-state index contributed by atoms with van der Waals surface area (Å²) in [6.45, 7) is 2.91. The van der Waals surface area contributed by atoms with E-state index in [9.17, 15) is 9.59 Å². The smallest absolute Gasteiger partial charge is 0.343 e. The standard InChI is InChI=1S/C36H39ClO5/c1-2-3-4-5-6-7-8-9-10-13-24-40-31-20-17-28(18-21-31)35(38)42-34-23-19-30(26-33(34)37)36(39)41-32-22-16-27-14-11-12-15-29(27)25-32/h11-12,14-23,25-26H,2-10,13,24H2,1H3. The van der Waals surface area contributed by atoms with Crippen molar-refractivity contribution in [1.82, 2.24) is 0 Å². The van der Waals surface area contributed by atoms with Crippen molar-refractivity contribution >= 4 is 34.3 Å². The van der Waals surface area contributed by atoms with Crippen molar-refractivity contribution in [1.29, 1.82) is 0 Å². The van der Waals surface area contributed by atoms with Crippen molar-refractivity contribution in [2.45, 2.75) is 71.1 Å². The van der Waals surface area contributed by atoms with Crippen LogP contribution in [-0.4, -0.2) is 18.5 Å². The van der Waals surface area contributed by atoms with Gasteiger partial charge in [0, 0.05) is 0 Å². The van der Waals surface area contributed by atoms with Crippen molar-refractivity contribution in [3.63, 3.8) is 0 Å². The fraction of sp³-hybridized carbons (Fsp3) is 0.333. The molecule has 0 spiro atoms. The second-order valence-corrected chi connectivity index (χ2v) is 10.9. The van der Waals surface area contributed by atoms with E-state index in [1.54, 1.807) is 36.4 Å². The van der Waals surface area contributed by atoms with Crippen molar-refractivity contribution in [2.24, 2.45) is 0 Å². The van der Waals surface area contributed by atoms with Crippen LogP contribution in [0.15, 0.2) is 84.9 Å². The second-order valence-electron chi connectivity index (χ2n) is 10.5. The van der Waals surface area contributed by atoms with Crippen molar-refractivity contribution in [2.75, 3.05) is 6.61 Å². The summed E-state index contributed by atoms with van der Waals surface area (Å²) < 4.78 is 16.8. The van der Waals surface area contributed by atoms with Crippen molar-refractivity contribution < 1.29 is 23.8 Å². The highest BCUT2D eigenvalue weighted by atomic mass is 35.5. The van der Waals surface area contributed by atoms with E-state index in [1.165, 1.54) is 76.0 Å². The Kier molecular flexibility index (Phi) is 12.3. The molecule has 0 N–H and O–H groups in total. The Morgan fingerprint density at radius 2 is 1.19 bits per heavy atom. The van der Waals surface area contributed by atoms with Gasteiger partial charge in [-0.2, -0.15) is 0 Å². The van der Waals surface area contributed by atoms with E-state index < -0.39 is 11.9 Å². The van der Waals surface area contributed by atoms with E-state index in [-0.39, 0.29) is 16.3 Å². The molecule has 4 aromatic carbocycles. The Balaban J connectivity index is 1.19. The molecule has 0 radical (unpaired) electrons. The number of benzene rings is 4. The predicted molar refractivity (Wildman–Crippen MR) is 169 cm³/mol. The third kappa shape index (κ3) is 9.63. The molecule has 0 aliphatic heterocycles. The topological polar surface area (TPSA) is 61.8 Å². The zero-order valence-corrected chi connectivity index (χ0v) is 25.0. The molecule has 0 bridgehead atoms. The first kappa shape index (κ1) is 31.1. The fourth-order valence-corrected chi connectivity index (χ4v) is 4.95. The predicted octanol–water partition coefficient (Wildman–Crippen LogP) is 10.2. The summed E-state index contributed by atoms with van der Waals surface area (Å²) in [6.07, 6.45) is 12.8. The van der Waals surface area contributed by atoms with Crippen LogP contribution in [0.1, 0.15) is 91.8 Å². The van der Waals surface area contributed by atoms with E-state index >= 15 is 0 Å². The lowest BCUT2D eigenvalue weighted by Crippen LogP contribution is -2.11. The lowest BCUT2D eigenvalue weighted by molar-refractivity contribution is 0.0730. The molecule has 220 valence electrons. The summed E-state index contributed by atoms with van der Waals surface area (Å²) in [6, 6.07) is 24.6. The van der Waals surface area contributed by atoms with Gasteiger partial charge in [0.2, 0.25) is 0 Å². The van der Waals surface area contributed by atoms with Crippen LogP contribution in [0.4, 0.5) is 0 Å².